The Morgan fingerprint density at radius 1 is 1.12 bits per heavy atom. The fraction of sp³-hybridized carbons (Fsp3) is 0.640. The van der Waals surface area contributed by atoms with E-state index in [2.05, 4.69) is 31.2 Å². The van der Waals surface area contributed by atoms with E-state index < -0.39 is 18.5 Å². The van der Waals surface area contributed by atoms with Crippen molar-refractivity contribution in [3.05, 3.63) is 46.6 Å². The van der Waals surface area contributed by atoms with E-state index in [1.165, 1.54) is 30.4 Å². The minimum absolute atomic E-state index is 0.135. The molecule has 2 aliphatic heterocycles. The maximum atomic E-state index is 10.2. The van der Waals surface area contributed by atoms with Gasteiger partial charge in [-0.05, 0) is 49.7 Å². The maximum absolute atomic E-state index is 10.2. The Morgan fingerprint density at radius 2 is 1.91 bits per heavy atom. The van der Waals surface area contributed by atoms with Gasteiger partial charge in [-0.2, -0.15) is 0 Å². The van der Waals surface area contributed by atoms with Gasteiger partial charge >= 0.3 is 0 Å². The molecule has 7 nitrogen and oxygen atoms in total. The van der Waals surface area contributed by atoms with E-state index in [4.69, 9.17) is 19.3 Å². The lowest BCUT2D eigenvalue weighted by Crippen LogP contribution is -2.40. The van der Waals surface area contributed by atoms with Crippen LogP contribution < -0.4 is 4.74 Å². The van der Waals surface area contributed by atoms with Crippen LogP contribution in [0.1, 0.15) is 60.5 Å². The number of aliphatic hydroxyl groups excluding tert-OH is 2. The van der Waals surface area contributed by atoms with Crippen molar-refractivity contribution in [3.63, 3.8) is 0 Å². The lowest BCUT2D eigenvalue weighted by molar-refractivity contribution is -0.186. The first-order valence-corrected chi connectivity index (χ1v) is 11.9. The van der Waals surface area contributed by atoms with E-state index in [0.29, 0.717) is 25.3 Å². The summed E-state index contributed by atoms with van der Waals surface area (Å²) in [6, 6.07) is 9.10. The molecule has 1 aliphatic carbocycles. The van der Waals surface area contributed by atoms with Crippen molar-refractivity contribution in [3.8, 4) is 5.88 Å². The first-order chi connectivity index (χ1) is 15.6. The number of hydrogen-bond donors (Lipinski definition) is 2. The number of benzene rings is 1. The van der Waals surface area contributed by atoms with E-state index in [9.17, 15) is 10.2 Å². The molecule has 7 heteroatoms. The predicted molar refractivity (Wildman–Crippen MR) is 119 cm³/mol. The summed E-state index contributed by atoms with van der Waals surface area (Å²) >= 11 is 0. The average Bonchev–Trinajstić information content (AvgIpc) is 3.33. The van der Waals surface area contributed by atoms with Crippen molar-refractivity contribution >= 4 is 0 Å². The van der Waals surface area contributed by atoms with Crippen molar-refractivity contribution in [2.75, 3.05) is 19.8 Å². The molecular formula is C25H34N2O5. The summed E-state index contributed by atoms with van der Waals surface area (Å²) in [5.41, 5.74) is 4.74. The molecule has 0 bridgehead atoms. The molecule has 32 heavy (non-hydrogen) atoms. The van der Waals surface area contributed by atoms with Crippen molar-refractivity contribution in [1.82, 2.24) is 9.78 Å². The summed E-state index contributed by atoms with van der Waals surface area (Å²) in [5, 5.41) is 24.5. The van der Waals surface area contributed by atoms with Crippen LogP contribution in [-0.2, 0) is 22.3 Å². The summed E-state index contributed by atoms with van der Waals surface area (Å²) in [6.07, 6.45) is 4.74. The molecule has 5 rings (SSSR count). The fourth-order valence-corrected chi connectivity index (χ4v) is 4.81. The minimum atomic E-state index is -0.627. The van der Waals surface area contributed by atoms with Gasteiger partial charge in [-0.25, -0.2) is 0 Å². The van der Waals surface area contributed by atoms with Gasteiger partial charge in [0.2, 0.25) is 12.2 Å². The molecule has 0 amide bonds. The van der Waals surface area contributed by atoms with Gasteiger partial charge in [0.1, 0.15) is 0 Å². The van der Waals surface area contributed by atoms with Crippen molar-refractivity contribution in [2.24, 2.45) is 5.92 Å². The van der Waals surface area contributed by atoms with E-state index in [0.717, 1.165) is 36.6 Å². The zero-order chi connectivity index (χ0) is 22.1. The standard InChI is InChI=1S/C25H34N2O5/c1-16-23(11-19-6-4-18(5-7-19)10-17-2-3-17)25(26-27(16)20-8-9-30-15-20)32-24-13-21(29)12-22(14-28)31-24/h4-7,17,20-22,24,28-29H,2-3,8-15H2,1H3. The van der Waals surface area contributed by atoms with Gasteiger partial charge in [0, 0.05) is 37.1 Å². The van der Waals surface area contributed by atoms with Gasteiger partial charge < -0.3 is 24.4 Å². The highest BCUT2D eigenvalue weighted by molar-refractivity contribution is 5.37. The fourth-order valence-electron chi connectivity index (χ4n) is 4.81. The van der Waals surface area contributed by atoms with E-state index in [1.807, 2.05) is 4.68 Å². The number of aliphatic hydroxyl groups is 2. The molecule has 174 valence electrons. The van der Waals surface area contributed by atoms with Gasteiger partial charge in [0.25, 0.3) is 0 Å². The Kier molecular flexibility index (Phi) is 6.51. The van der Waals surface area contributed by atoms with Crippen LogP contribution in [-0.4, -0.2) is 58.3 Å². The number of ether oxygens (including phenoxy) is 3. The SMILES string of the molecule is Cc1c(Cc2ccc(CC3CC3)cc2)c(OC2CC(O)CC(CO)O2)nn1C1CCOC1. The Hall–Kier alpha value is -1.93. The lowest BCUT2D eigenvalue weighted by atomic mass is 10.0. The van der Waals surface area contributed by atoms with Crippen LogP contribution in [0.4, 0.5) is 0 Å². The predicted octanol–water partition coefficient (Wildman–Crippen LogP) is 2.93. The van der Waals surface area contributed by atoms with E-state index in [1.54, 1.807) is 0 Å². The number of rotatable bonds is 8. The van der Waals surface area contributed by atoms with Crippen LogP contribution >= 0.6 is 0 Å². The Labute approximate surface area is 189 Å². The molecule has 1 aromatic heterocycles. The minimum Gasteiger partial charge on any atom is -0.446 e. The first-order valence-electron chi connectivity index (χ1n) is 11.9. The van der Waals surface area contributed by atoms with Crippen LogP contribution in [0, 0.1) is 12.8 Å². The maximum Gasteiger partial charge on any atom is 0.238 e. The molecule has 0 spiro atoms. The zero-order valence-corrected chi connectivity index (χ0v) is 18.8. The summed E-state index contributed by atoms with van der Waals surface area (Å²) in [6.45, 7) is 3.35. The van der Waals surface area contributed by atoms with Gasteiger partial charge in [0.15, 0.2) is 0 Å². The molecular weight excluding hydrogens is 408 g/mol. The van der Waals surface area contributed by atoms with Crippen LogP contribution in [0.15, 0.2) is 24.3 Å². The number of aromatic nitrogens is 2. The van der Waals surface area contributed by atoms with E-state index in [-0.39, 0.29) is 12.6 Å². The van der Waals surface area contributed by atoms with Crippen molar-refractivity contribution in [1.29, 1.82) is 0 Å². The Bertz CT molecular complexity index is 902. The second-order valence-corrected chi connectivity index (χ2v) is 9.59. The monoisotopic (exact) mass is 442 g/mol. The molecule has 3 aliphatic rings. The highest BCUT2D eigenvalue weighted by atomic mass is 16.7. The molecule has 3 heterocycles. The lowest BCUT2D eigenvalue weighted by Gasteiger charge is -2.31. The second-order valence-electron chi connectivity index (χ2n) is 9.59. The molecule has 1 aromatic carbocycles. The topological polar surface area (TPSA) is 86.0 Å². The highest BCUT2D eigenvalue weighted by Crippen LogP contribution is 2.34. The third kappa shape index (κ3) is 5.01. The van der Waals surface area contributed by atoms with Crippen molar-refractivity contribution in [2.45, 2.75) is 76.4 Å². The molecule has 4 atom stereocenters. The van der Waals surface area contributed by atoms with Crippen LogP contribution in [0.5, 0.6) is 5.88 Å². The van der Waals surface area contributed by atoms with Crippen molar-refractivity contribution < 1.29 is 24.4 Å². The van der Waals surface area contributed by atoms with Gasteiger partial charge in [0.05, 0.1) is 31.5 Å². The Balaban J connectivity index is 1.38. The van der Waals surface area contributed by atoms with Gasteiger partial charge in [-0.15, -0.1) is 5.10 Å². The Morgan fingerprint density at radius 3 is 2.59 bits per heavy atom. The summed E-state index contributed by atoms with van der Waals surface area (Å²) in [7, 11) is 0. The van der Waals surface area contributed by atoms with Crippen LogP contribution in [0.25, 0.3) is 0 Å². The molecule has 2 N–H and O–H groups in total. The first kappa shape index (κ1) is 21.9. The molecule has 2 saturated heterocycles. The number of nitrogens with zero attached hydrogens (tertiary/aromatic N) is 2. The molecule has 1 saturated carbocycles. The third-order valence-corrected chi connectivity index (χ3v) is 6.90. The zero-order valence-electron chi connectivity index (χ0n) is 18.8. The average molecular weight is 443 g/mol. The smallest absolute Gasteiger partial charge is 0.238 e. The molecule has 3 fully saturated rings. The molecule has 4 unspecified atom stereocenters. The summed E-state index contributed by atoms with van der Waals surface area (Å²) in [5.74, 6) is 1.43. The quantitative estimate of drug-likeness (QED) is 0.654. The summed E-state index contributed by atoms with van der Waals surface area (Å²) < 4.78 is 19.7. The second kappa shape index (κ2) is 9.51. The largest absolute Gasteiger partial charge is 0.446 e. The molecule has 2 aromatic rings. The van der Waals surface area contributed by atoms with E-state index >= 15 is 0 Å². The van der Waals surface area contributed by atoms with Gasteiger partial charge in [-0.1, -0.05) is 24.3 Å². The number of hydrogen-bond acceptors (Lipinski definition) is 6. The van der Waals surface area contributed by atoms with Crippen LogP contribution in [0.3, 0.4) is 0 Å². The normalized spacial score (nSPS) is 28.2. The van der Waals surface area contributed by atoms with Gasteiger partial charge in [-0.3, -0.25) is 4.68 Å². The third-order valence-electron chi connectivity index (χ3n) is 6.90. The summed E-state index contributed by atoms with van der Waals surface area (Å²) in [4.78, 5) is 0. The molecule has 0 radical (unpaired) electrons. The highest BCUT2D eigenvalue weighted by Gasteiger charge is 2.32. The van der Waals surface area contributed by atoms with Crippen LogP contribution in [0.2, 0.25) is 0 Å².